The summed E-state index contributed by atoms with van der Waals surface area (Å²) in [5, 5.41) is 18.1. The molecule has 2 N–H and O–H groups in total. The van der Waals surface area contributed by atoms with E-state index in [1.165, 1.54) is 0 Å². The van der Waals surface area contributed by atoms with Gasteiger partial charge in [0.15, 0.2) is 0 Å². The van der Waals surface area contributed by atoms with E-state index in [4.69, 9.17) is 5.11 Å². The number of likely N-dealkylation sites (tertiary alicyclic amines) is 1. The van der Waals surface area contributed by atoms with Crippen LogP contribution in [0.2, 0.25) is 0 Å². The molecule has 6 heteroatoms. The summed E-state index contributed by atoms with van der Waals surface area (Å²) in [4.78, 5) is 26.2. The van der Waals surface area contributed by atoms with Gasteiger partial charge >= 0.3 is 5.97 Å². The maximum atomic E-state index is 11.9. The number of piperidine rings is 1. The molecule has 0 aliphatic carbocycles. The third-order valence-corrected chi connectivity index (χ3v) is 3.18. The first-order chi connectivity index (χ1) is 8.40. The number of carbonyl (C=O) groups is 2. The average Bonchev–Trinajstić information content (AvgIpc) is 2.27. The molecule has 104 valence electrons. The molecule has 1 aliphatic rings. The van der Waals surface area contributed by atoms with Gasteiger partial charge in [-0.1, -0.05) is 0 Å². The largest absolute Gasteiger partial charge is 0.481 e. The lowest BCUT2D eigenvalue weighted by atomic mass is 9.97. The molecule has 1 unspecified atom stereocenters. The van der Waals surface area contributed by atoms with Gasteiger partial charge in [-0.05, 0) is 26.8 Å². The second-order valence-electron chi connectivity index (χ2n) is 5.04. The van der Waals surface area contributed by atoms with E-state index in [1.807, 2.05) is 0 Å². The molecule has 0 aromatic carbocycles. The summed E-state index contributed by atoms with van der Waals surface area (Å²) >= 11 is 0. The van der Waals surface area contributed by atoms with Crippen LogP contribution in [0.3, 0.4) is 0 Å². The molecule has 1 amide bonds. The Morgan fingerprint density at radius 1 is 1.39 bits per heavy atom. The topological polar surface area (TPSA) is 81.1 Å². The fourth-order valence-electron chi connectivity index (χ4n) is 2.22. The summed E-state index contributed by atoms with van der Waals surface area (Å²) in [6.45, 7) is 3.43. The smallest absolute Gasteiger partial charge is 0.306 e. The number of nitrogens with zero attached hydrogens (tertiary/aromatic N) is 2. The number of aliphatic hydroxyl groups excluding tert-OH is 1. The van der Waals surface area contributed by atoms with Gasteiger partial charge in [-0.15, -0.1) is 0 Å². The highest BCUT2D eigenvalue weighted by molar-refractivity contribution is 5.78. The van der Waals surface area contributed by atoms with Crippen LogP contribution >= 0.6 is 0 Å². The first kappa shape index (κ1) is 14.9. The highest BCUT2D eigenvalue weighted by Gasteiger charge is 2.27. The van der Waals surface area contributed by atoms with E-state index >= 15 is 0 Å². The molecule has 0 aromatic heterocycles. The van der Waals surface area contributed by atoms with Crippen molar-refractivity contribution < 1.29 is 19.8 Å². The number of aliphatic hydroxyl groups is 1. The average molecular weight is 258 g/mol. The van der Waals surface area contributed by atoms with Crippen molar-refractivity contribution in [3.8, 4) is 0 Å². The molecule has 0 aromatic rings. The maximum Gasteiger partial charge on any atom is 0.306 e. The van der Waals surface area contributed by atoms with E-state index in [1.54, 1.807) is 23.8 Å². The highest BCUT2D eigenvalue weighted by Crippen LogP contribution is 2.17. The highest BCUT2D eigenvalue weighted by atomic mass is 16.4. The third-order valence-electron chi connectivity index (χ3n) is 3.18. The van der Waals surface area contributed by atoms with Crippen LogP contribution < -0.4 is 0 Å². The first-order valence-corrected chi connectivity index (χ1v) is 6.27. The molecule has 6 nitrogen and oxygen atoms in total. The van der Waals surface area contributed by atoms with E-state index in [-0.39, 0.29) is 18.4 Å². The minimum absolute atomic E-state index is 0.00184. The molecule has 0 radical (unpaired) electrons. The van der Waals surface area contributed by atoms with Crippen LogP contribution in [0, 0.1) is 5.92 Å². The lowest BCUT2D eigenvalue weighted by molar-refractivity contribution is -0.146. The first-order valence-electron chi connectivity index (χ1n) is 6.27. The lowest BCUT2D eigenvalue weighted by Gasteiger charge is -2.31. The van der Waals surface area contributed by atoms with Gasteiger partial charge in [0, 0.05) is 19.6 Å². The molecular formula is C12H22N2O4. The quantitative estimate of drug-likeness (QED) is 0.702. The molecule has 1 rings (SSSR count). The van der Waals surface area contributed by atoms with E-state index in [0.717, 1.165) is 0 Å². The number of hydrogen-bond acceptors (Lipinski definition) is 4. The maximum absolute atomic E-state index is 11.9. The van der Waals surface area contributed by atoms with Crippen LogP contribution in [0.15, 0.2) is 0 Å². The van der Waals surface area contributed by atoms with E-state index < -0.39 is 12.1 Å². The molecule has 1 fully saturated rings. The van der Waals surface area contributed by atoms with Crippen molar-refractivity contribution in [2.24, 2.45) is 5.92 Å². The van der Waals surface area contributed by atoms with Crippen molar-refractivity contribution in [3.05, 3.63) is 0 Å². The fraction of sp³-hybridized carbons (Fsp3) is 0.833. The number of aliphatic carboxylic acids is 1. The molecule has 1 saturated heterocycles. The van der Waals surface area contributed by atoms with Crippen LogP contribution in [0.1, 0.15) is 19.8 Å². The lowest BCUT2D eigenvalue weighted by Crippen LogP contribution is -2.45. The molecule has 0 saturated carbocycles. The molecular weight excluding hydrogens is 236 g/mol. The number of carboxylic acids is 1. The van der Waals surface area contributed by atoms with Gasteiger partial charge in [0.25, 0.3) is 0 Å². The zero-order valence-corrected chi connectivity index (χ0v) is 11.0. The number of rotatable bonds is 5. The van der Waals surface area contributed by atoms with Crippen molar-refractivity contribution in [2.45, 2.75) is 25.9 Å². The number of hydrogen-bond donors (Lipinski definition) is 2. The van der Waals surface area contributed by atoms with E-state index in [0.29, 0.717) is 32.5 Å². The van der Waals surface area contributed by atoms with Crippen molar-refractivity contribution in [3.63, 3.8) is 0 Å². The Kier molecular flexibility index (Phi) is 5.55. The van der Waals surface area contributed by atoms with Gasteiger partial charge in [0.1, 0.15) is 0 Å². The van der Waals surface area contributed by atoms with Crippen molar-refractivity contribution in [1.29, 1.82) is 0 Å². The summed E-state index contributed by atoms with van der Waals surface area (Å²) in [5.41, 5.74) is 0. The van der Waals surface area contributed by atoms with Crippen LogP contribution in [-0.4, -0.2) is 71.2 Å². The second kappa shape index (κ2) is 6.70. The second-order valence-corrected chi connectivity index (χ2v) is 5.04. The summed E-state index contributed by atoms with van der Waals surface area (Å²) in [5.74, 6) is -1.08. The number of carboxylic acid groups (broad SMARTS) is 1. The number of carbonyl (C=O) groups excluding carboxylic acids is 1. The van der Waals surface area contributed by atoms with Gasteiger partial charge in [-0.25, -0.2) is 0 Å². The van der Waals surface area contributed by atoms with Crippen LogP contribution in [0.25, 0.3) is 0 Å². The standard InChI is InChI=1S/C12H22N2O4/c1-9(15)7-13(2)8-11(16)14-5-3-10(4-6-14)12(17)18/h9-10,15H,3-8H2,1-2H3,(H,17,18). The van der Waals surface area contributed by atoms with Gasteiger partial charge in [0.05, 0.1) is 18.6 Å². The van der Waals surface area contributed by atoms with Crippen molar-refractivity contribution >= 4 is 11.9 Å². The Morgan fingerprint density at radius 2 is 1.94 bits per heavy atom. The van der Waals surface area contributed by atoms with Gasteiger partial charge < -0.3 is 15.1 Å². The summed E-state index contributed by atoms with van der Waals surface area (Å²) < 4.78 is 0. The molecule has 1 atom stereocenters. The summed E-state index contributed by atoms with van der Waals surface area (Å²) in [7, 11) is 1.79. The Morgan fingerprint density at radius 3 is 2.39 bits per heavy atom. The van der Waals surface area contributed by atoms with Crippen molar-refractivity contribution in [1.82, 2.24) is 9.80 Å². The third kappa shape index (κ3) is 4.62. The predicted octanol–water partition coefficient (Wildman–Crippen LogP) is -0.378. The zero-order valence-electron chi connectivity index (χ0n) is 11.0. The predicted molar refractivity (Wildman–Crippen MR) is 66.1 cm³/mol. The molecule has 1 aliphatic heterocycles. The zero-order chi connectivity index (χ0) is 13.7. The van der Waals surface area contributed by atoms with Crippen LogP contribution in [0.4, 0.5) is 0 Å². The van der Waals surface area contributed by atoms with Gasteiger partial charge in [-0.3, -0.25) is 14.5 Å². The summed E-state index contributed by atoms with van der Waals surface area (Å²) in [6.07, 6.45) is 0.600. The molecule has 0 bridgehead atoms. The molecule has 1 heterocycles. The Hall–Kier alpha value is -1.14. The Bertz CT molecular complexity index is 298. The Labute approximate surface area is 107 Å². The normalized spacial score (nSPS) is 19.0. The monoisotopic (exact) mass is 258 g/mol. The molecule has 18 heavy (non-hydrogen) atoms. The van der Waals surface area contributed by atoms with Crippen LogP contribution in [0.5, 0.6) is 0 Å². The van der Waals surface area contributed by atoms with Gasteiger partial charge in [0.2, 0.25) is 5.91 Å². The van der Waals surface area contributed by atoms with E-state index in [9.17, 15) is 14.7 Å². The van der Waals surface area contributed by atoms with E-state index in [2.05, 4.69) is 0 Å². The SMILES string of the molecule is CC(O)CN(C)CC(=O)N1CCC(C(=O)O)CC1. The molecule has 0 spiro atoms. The van der Waals surface area contributed by atoms with Crippen molar-refractivity contribution in [2.75, 3.05) is 33.2 Å². The number of amides is 1. The Balaban J connectivity index is 2.34. The van der Waals surface area contributed by atoms with Gasteiger partial charge in [-0.2, -0.15) is 0 Å². The van der Waals surface area contributed by atoms with Crippen LogP contribution in [-0.2, 0) is 9.59 Å². The minimum Gasteiger partial charge on any atom is -0.481 e. The number of likely N-dealkylation sites (N-methyl/N-ethyl adjacent to an activating group) is 1. The minimum atomic E-state index is -0.770. The summed E-state index contributed by atoms with van der Waals surface area (Å²) in [6, 6.07) is 0. The fourth-order valence-corrected chi connectivity index (χ4v) is 2.22.